The molecule has 0 unspecified atom stereocenters. The average molecular weight is 351 g/mol. The molecule has 4 heteroatoms. The zero-order valence-corrected chi connectivity index (χ0v) is 15.7. The molecule has 3 aromatic rings. The first-order valence-corrected chi connectivity index (χ1v) is 9.20. The number of para-hydroxylation sites is 1. The molecule has 0 N–H and O–H groups in total. The van der Waals surface area contributed by atoms with Crippen molar-refractivity contribution in [2.75, 3.05) is 27.2 Å². The van der Waals surface area contributed by atoms with E-state index < -0.39 is 0 Å². The first-order chi connectivity index (χ1) is 12.5. The van der Waals surface area contributed by atoms with Crippen LogP contribution in [0.2, 0.25) is 0 Å². The second-order valence-electron chi connectivity index (χ2n) is 7.64. The highest BCUT2D eigenvalue weighted by Gasteiger charge is 2.36. The van der Waals surface area contributed by atoms with Crippen LogP contribution in [0.1, 0.15) is 17.0 Å². The second kappa shape index (κ2) is 6.86. The Kier molecular flexibility index (Phi) is 4.55. The molecule has 2 aromatic carbocycles. The standard InChI is InChI=1S/C22H26FN3/c1-24(2)22-15-26(12-16-8-4-6-10-20(16)23)14-19(22)18-13-25(3)21-11-7-5-9-17(18)21/h4-11,13,19,22H,12,14-15H2,1-3H3/t19-,22+/m1/s1. The number of rotatable bonds is 4. The summed E-state index contributed by atoms with van der Waals surface area (Å²) >= 11 is 0. The summed E-state index contributed by atoms with van der Waals surface area (Å²) < 4.78 is 16.3. The molecule has 1 fully saturated rings. The van der Waals surface area contributed by atoms with Crippen LogP contribution in [0.5, 0.6) is 0 Å². The largest absolute Gasteiger partial charge is 0.350 e. The summed E-state index contributed by atoms with van der Waals surface area (Å²) in [7, 11) is 6.41. The molecule has 4 rings (SSSR count). The molecule has 1 aromatic heterocycles. The predicted molar refractivity (Wildman–Crippen MR) is 105 cm³/mol. The van der Waals surface area contributed by atoms with Crippen LogP contribution in [0, 0.1) is 5.82 Å². The smallest absolute Gasteiger partial charge is 0.127 e. The first kappa shape index (κ1) is 17.3. The van der Waals surface area contributed by atoms with Gasteiger partial charge in [-0.3, -0.25) is 4.90 Å². The van der Waals surface area contributed by atoms with Gasteiger partial charge in [0.2, 0.25) is 0 Å². The molecule has 1 aliphatic heterocycles. The fourth-order valence-corrected chi connectivity index (χ4v) is 4.36. The molecule has 2 atom stereocenters. The minimum Gasteiger partial charge on any atom is -0.350 e. The van der Waals surface area contributed by atoms with Gasteiger partial charge in [-0.2, -0.15) is 0 Å². The Morgan fingerprint density at radius 3 is 2.54 bits per heavy atom. The van der Waals surface area contributed by atoms with Gasteiger partial charge in [0.05, 0.1) is 0 Å². The Labute approximate surface area is 154 Å². The molecule has 0 radical (unpaired) electrons. The lowest BCUT2D eigenvalue weighted by atomic mass is 9.93. The van der Waals surface area contributed by atoms with E-state index in [4.69, 9.17) is 0 Å². The van der Waals surface area contributed by atoms with E-state index in [9.17, 15) is 4.39 Å². The molecule has 0 aliphatic carbocycles. The summed E-state index contributed by atoms with van der Waals surface area (Å²) in [6, 6.07) is 16.1. The van der Waals surface area contributed by atoms with E-state index in [-0.39, 0.29) is 5.82 Å². The van der Waals surface area contributed by atoms with Crippen molar-refractivity contribution in [3.63, 3.8) is 0 Å². The van der Waals surface area contributed by atoms with E-state index in [1.54, 1.807) is 12.1 Å². The molecular weight excluding hydrogens is 325 g/mol. The molecule has 3 nitrogen and oxygen atoms in total. The third-order valence-electron chi connectivity index (χ3n) is 5.71. The quantitative estimate of drug-likeness (QED) is 0.707. The number of hydrogen-bond donors (Lipinski definition) is 0. The molecule has 1 saturated heterocycles. The maximum atomic E-state index is 14.1. The number of hydrogen-bond acceptors (Lipinski definition) is 2. The molecule has 0 spiro atoms. The van der Waals surface area contributed by atoms with Gasteiger partial charge in [0, 0.05) is 61.3 Å². The van der Waals surface area contributed by atoms with Crippen molar-refractivity contribution in [2.24, 2.45) is 7.05 Å². The van der Waals surface area contributed by atoms with Gasteiger partial charge in [-0.25, -0.2) is 4.39 Å². The Bertz CT molecular complexity index is 915. The van der Waals surface area contributed by atoms with E-state index in [0.29, 0.717) is 18.5 Å². The number of likely N-dealkylation sites (tertiary alicyclic amines) is 1. The molecule has 0 saturated carbocycles. The van der Waals surface area contributed by atoms with Crippen LogP contribution in [0.25, 0.3) is 10.9 Å². The summed E-state index contributed by atoms with van der Waals surface area (Å²) in [5.41, 5.74) is 3.45. The van der Waals surface area contributed by atoms with Crippen LogP contribution in [-0.4, -0.2) is 47.6 Å². The fourth-order valence-electron chi connectivity index (χ4n) is 4.36. The SMILES string of the molecule is CN(C)[C@H]1CN(Cc2ccccc2F)C[C@@H]1c1cn(C)c2ccccc12. The van der Waals surface area contributed by atoms with E-state index >= 15 is 0 Å². The molecule has 2 heterocycles. The number of likely N-dealkylation sites (N-methyl/N-ethyl adjacent to an activating group) is 1. The highest BCUT2D eigenvalue weighted by Crippen LogP contribution is 2.36. The van der Waals surface area contributed by atoms with E-state index in [1.807, 2.05) is 12.1 Å². The van der Waals surface area contributed by atoms with Crippen LogP contribution < -0.4 is 0 Å². The Morgan fingerprint density at radius 2 is 1.77 bits per heavy atom. The predicted octanol–water partition coefficient (Wildman–Crippen LogP) is 3.85. The highest BCUT2D eigenvalue weighted by molar-refractivity contribution is 5.84. The van der Waals surface area contributed by atoms with Crippen molar-refractivity contribution >= 4 is 10.9 Å². The number of aromatic nitrogens is 1. The minimum atomic E-state index is -0.109. The molecule has 0 amide bonds. The summed E-state index contributed by atoms with van der Waals surface area (Å²) in [5, 5.41) is 1.33. The van der Waals surface area contributed by atoms with Crippen molar-refractivity contribution in [1.82, 2.24) is 14.4 Å². The van der Waals surface area contributed by atoms with E-state index in [2.05, 4.69) is 66.0 Å². The van der Waals surface area contributed by atoms with Gasteiger partial charge in [-0.15, -0.1) is 0 Å². The van der Waals surface area contributed by atoms with Crippen LogP contribution in [0.15, 0.2) is 54.7 Å². The van der Waals surface area contributed by atoms with Crippen LogP contribution in [-0.2, 0) is 13.6 Å². The maximum Gasteiger partial charge on any atom is 0.127 e. The zero-order valence-electron chi connectivity index (χ0n) is 15.7. The Balaban J connectivity index is 1.65. The van der Waals surface area contributed by atoms with Crippen LogP contribution >= 0.6 is 0 Å². The van der Waals surface area contributed by atoms with Gasteiger partial charge in [-0.1, -0.05) is 36.4 Å². The van der Waals surface area contributed by atoms with Crippen LogP contribution in [0.4, 0.5) is 4.39 Å². The van der Waals surface area contributed by atoms with Crippen molar-refractivity contribution in [3.8, 4) is 0 Å². The van der Waals surface area contributed by atoms with Gasteiger partial charge in [-0.05, 0) is 31.8 Å². The highest BCUT2D eigenvalue weighted by atomic mass is 19.1. The number of fused-ring (bicyclic) bond motifs is 1. The van der Waals surface area contributed by atoms with Crippen LogP contribution in [0.3, 0.4) is 0 Å². The van der Waals surface area contributed by atoms with Gasteiger partial charge in [0.1, 0.15) is 5.82 Å². The van der Waals surface area contributed by atoms with Gasteiger partial charge < -0.3 is 9.47 Å². The molecule has 0 bridgehead atoms. The molecular formula is C22H26FN3. The number of halogens is 1. The summed E-state index contributed by atoms with van der Waals surface area (Å²) in [5.74, 6) is 0.311. The molecule has 1 aliphatic rings. The topological polar surface area (TPSA) is 11.4 Å². The maximum absolute atomic E-state index is 14.1. The monoisotopic (exact) mass is 351 g/mol. The minimum absolute atomic E-state index is 0.109. The third-order valence-corrected chi connectivity index (χ3v) is 5.71. The van der Waals surface area contributed by atoms with Crippen molar-refractivity contribution < 1.29 is 4.39 Å². The zero-order chi connectivity index (χ0) is 18.3. The molecule has 26 heavy (non-hydrogen) atoms. The molecule has 136 valence electrons. The van der Waals surface area contributed by atoms with Gasteiger partial charge >= 0.3 is 0 Å². The Hall–Kier alpha value is -2.17. The van der Waals surface area contributed by atoms with Crippen molar-refractivity contribution in [1.29, 1.82) is 0 Å². The van der Waals surface area contributed by atoms with E-state index in [1.165, 1.54) is 16.5 Å². The van der Waals surface area contributed by atoms with Crippen molar-refractivity contribution in [2.45, 2.75) is 18.5 Å². The average Bonchev–Trinajstić information content (AvgIpc) is 3.19. The number of nitrogens with zero attached hydrogens (tertiary/aromatic N) is 3. The lowest BCUT2D eigenvalue weighted by Crippen LogP contribution is -2.34. The normalized spacial score (nSPS) is 21.1. The van der Waals surface area contributed by atoms with Gasteiger partial charge in [0.25, 0.3) is 0 Å². The fraction of sp³-hybridized carbons (Fsp3) is 0.364. The van der Waals surface area contributed by atoms with Gasteiger partial charge in [0.15, 0.2) is 0 Å². The number of aryl methyl sites for hydroxylation is 1. The first-order valence-electron chi connectivity index (χ1n) is 9.20. The second-order valence-corrected chi connectivity index (χ2v) is 7.64. The van der Waals surface area contributed by atoms with E-state index in [0.717, 1.165) is 18.7 Å². The summed E-state index contributed by atoms with van der Waals surface area (Å²) in [6.45, 7) is 2.57. The third kappa shape index (κ3) is 3.04. The lowest BCUT2D eigenvalue weighted by Gasteiger charge is -2.25. The lowest BCUT2D eigenvalue weighted by molar-refractivity contribution is 0.258. The number of benzene rings is 2. The Morgan fingerprint density at radius 1 is 1.04 bits per heavy atom. The summed E-state index contributed by atoms with van der Waals surface area (Å²) in [4.78, 5) is 4.70. The summed E-state index contributed by atoms with van der Waals surface area (Å²) in [6.07, 6.45) is 2.28. The van der Waals surface area contributed by atoms with Crippen molar-refractivity contribution in [3.05, 3.63) is 71.7 Å².